The quantitative estimate of drug-likeness (QED) is 0.339. The Balaban J connectivity index is 2.62. The molecule has 1 rings (SSSR count). The number of ketones is 2. The molecule has 0 aromatic rings. The highest BCUT2D eigenvalue weighted by molar-refractivity contribution is 14.1. The first-order valence-corrected chi connectivity index (χ1v) is 3.73. The fraction of sp³-hybridized carbons (Fsp3) is 0.600. The minimum Gasteiger partial charge on any atom is -0.366 e. The Morgan fingerprint density at radius 3 is 2.11 bits per heavy atom. The first kappa shape index (κ1) is 7.14. The number of alkyl halides is 1. The summed E-state index contributed by atoms with van der Waals surface area (Å²) in [5.74, 6) is -0.237. The summed E-state index contributed by atoms with van der Waals surface area (Å²) in [6.45, 7) is 0.193. The van der Waals surface area contributed by atoms with Crippen molar-refractivity contribution >= 4 is 34.2 Å². The van der Waals surface area contributed by atoms with Crippen LogP contribution >= 0.6 is 22.6 Å². The Labute approximate surface area is 65.9 Å². The molecule has 1 saturated heterocycles. The molecule has 50 valence electrons. The molecule has 0 aromatic heterocycles. The fourth-order valence-electron chi connectivity index (χ4n) is 0.578. The summed E-state index contributed by atoms with van der Waals surface area (Å²) in [5.41, 5.74) is 0. The van der Waals surface area contributed by atoms with E-state index in [-0.39, 0.29) is 24.8 Å². The Kier molecular flexibility index (Phi) is 2.18. The van der Waals surface area contributed by atoms with Gasteiger partial charge in [0.25, 0.3) is 0 Å². The molecule has 0 unspecified atom stereocenters. The van der Waals surface area contributed by atoms with Gasteiger partial charge in [-0.1, -0.05) is 22.6 Å². The highest BCUT2D eigenvalue weighted by Crippen LogP contribution is 2.08. The lowest BCUT2D eigenvalue weighted by atomic mass is 10.2. The third kappa shape index (κ3) is 1.48. The van der Waals surface area contributed by atoms with Crippen LogP contribution in [0.15, 0.2) is 0 Å². The lowest BCUT2D eigenvalue weighted by molar-refractivity contribution is -0.137. The van der Waals surface area contributed by atoms with Gasteiger partial charge in [0.1, 0.15) is 17.1 Å². The summed E-state index contributed by atoms with van der Waals surface area (Å²) < 4.78 is 4.20. The summed E-state index contributed by atoms with van der Waals surface area (Å²) >= 11 is 1.83. The van der Waals surface area contributed by atoms with E-state index in [1.165, 1.54) is 0 Å². The third-order valence-electron chi connectivity index (χ3n) is 1.05. The molecule has 0 aliphatic carbocycles. The number of Topliss-reactive ketones (excluding diaryl/α,β-unsaturated/α-hetero) is 2. The molecule has 1 aliphatic rings. The van der Waals surface area contributed by atoms with E-state index in [1.54, 1.807) is 0 Å². The summed E-state index contributed by atoms with van der Waals surface area (Å²) in [6, 6.07) is 0. The minimum absolute atomic E-state index is 0.0966. The summed E-state index contributed by atoms with van der Waals surface area (Å²) in [5, 5.41) is 0. The van der Waals surface area contributed by atoms with Gasteiger partial charge in [0.2, 0.25) is 0 Å². The lowest BCUT2D eigenvalue weighted by Crippen LogP contribution is -2.36. The van der Waals surface area contributed by atoms with Crippen LogP contribution < -0.4 is 0 Å². The van der Waals surface area contributed by atoms with Crippen molar-refractivity contribution in [2.24, 2.45) is 0 Å². The second-order valence-electron chi connectivity index (χ2n) is 1.79. The first-order valence-electron chi connectivity index (χ1n) is 2.49. The monoisotopic (exact) mass is 240 g/mol. The van der Waals surface area contributed by atoms with Gasteiger partial charge in [0.15, 0.2) is 11.6 Å². The molecule has 0 atom stereocenters. The fourth-order valence-corrected chi connectivity index (χ4v) is 0.938. The SMILES string of the molecule is O=C1COCC(=O)C1I. The zero-order chi connectivity index (χ0) is 6.85. The molecule has 0 bridgehead atoms. The van der Waals surface area contributed by atoms with E-state index < -0.39 is 3.92 Å². The second-order valence-corrected chi connectivity index (χ2v) is 3.03. The normalized spacial score (nSPS) is 22.8. The van der Waals surface area contributed by atoms with E-state index in [1.807, 2.05) is 22.6 Å². The van der Waals surface area contributed by atoms with Crippen LogP contribution in [0.25, 0.3) is 0 Å². The maximum absolute atomic E-state index is 10.7. The zero-order valence-corrected chi connectivity index (χ0v) is 6.75. The van der Waals surface area contributed by atoms with Crippen molar-refractivity contribution in [3.05, 3.63) is 0 Å². The average molecular weight is 240 g/mol. The van der Waals surface area contributed by atoms with Crippen LogP contribution in [0.3, 0.4) is 0 Å². The lowest BCUT2D eigenvalue weighted by Gasteiger charge is -2.13. The molecule has 3 nitrogen and oxygen atoms in total. The van der Waals surface area contributed by atoms with Crippen LogP contribution in [-0.2, 0) is 14.3 Å². The van der Waals surface area contributed by atoms with Crippen LogP contribution in [-0.4, -0.2) is 28.7 Å². The van der Waals surface area contributed by atoms with Crippen molar-refractivity contribution in [2.45, 2.75) is 3.92 Å². The Hall–Kier alpha value is 0.0300. The molecular weight excluding hydrogens is 235 g/mol. The van der Waals surface area contributed by atoms with Crippen molar-refractivity contribution in [2.75, 3.05) is 13.2 Å². The maximum Gasteiger partial charge on any atom is 0.178 e. The van der Waals surface area contributed by atoms with E-state index in [0.29, 0.717) is 0 Å². The minimum atomic E-state index is -0.462. The molecule has 0 spiro atoms. The van der Waals surface area contributed by atoms with Crippen LogP contribution in [0.2, 0.25) is 0 Å². The van der Waals surface area contributed by atoms with E-state index in [9.17, 15) is 9.59 Å². The van der Waals surface area contributed by atoms with Crippen molar-refractivity contribution in [1.29, 1.82) is 0 Å². The Morgan fingerprint density at radius 1 is 1.33 bits per heavy atom. The van der Waals surface area contributed by atoms with E-state index in [2.05, 4.69) is 4.74 Å². The molecule has 1 aliphatic heterocycles. The number of halogens is 1. The highest BCUT2D eigenvalue weighted by atomic mass is 127. The average Bonchev–Trinajstić information content (AvgIpc) is 1.83. The van der Waals surface area contributed by atoms with Gasteiger partial charge in [-0.05, 0) is 0 Å². The van der Waals surface area contributed by atoms with Gasteiger partial charge in [0, 0.05) is 0 Å². The number of carbonyl (C=O) groups is 2. The van der Waals surface area contributed by atoms with E-state index >= 15 is 0 Å². The number of hydrogen-bond donors (Lipinski definition) is 0. The van der Waals surface area contributed by atoms with Crippen molar-refractivity contribution in [3.8, 4) is 0 Å². The van der Waals surface area contributed by atoms with Gasteiger partial charge in [-0.2, -0.15) is 0 Å². The maximum atomic E-state index is 10.7. The molecule has 0 radical (unpaired) electrons. The van der Waals surface area contributed by atoms with E-state index in [4.69, 9.17) is 0 Å². The summed E-state index contributed by atoms with van der Waals surface area (Å²) in [6.07, 6.45) is 0. The predicted molar refractivity (Wildman–Crippen MR) is 38.6 cm³/mol. The molecule has 1 heterocycles. The number of ether oxygens (including phenoxy) is 1. The van der Waals surface area contributed by atoms with Crippen molar-refractivity contribution in [3.63, 3.8) is 0 Å². The smallest absolute Gasteiger partial charge is 0.178 e. The van der Waals surface area contributed by atoms with Gasteiger partial charge in [0.05, 0.1) is 0 Å². The molecule has 0 amide bonds. The van der Waals surface area contributed by atoms with Crippen molar-refractivity contribution < 1.29 is 14.3 Å². The molecule has 1 fully saturated rings. The summed E-state index contributed by atoms with van der Waals surface area (Å²) in [4.78, 5) is 21.3. The predicted octanol–water partition coefficient (Wildman–Crippen LogP) is -0.0416. The zero-order valence-electron chi connectivity index (χ0n) is 4.59. The topological polar surface area (TPSA) is 43.4 Å². The standard InChI is InChI=1S/C5H5IO3/c6-5-3(7)1-9-2-4(5)8/h5H,1-2H2. The second kappa shape index (κ2) is 2.74. The van der Waals surface area contributed by atoms with E-state index in [0.717, 1.165) is 0 Å². The molecule has 9 heavy (non-hydrogen) atoms. The van der Waals surface area contributed by atoms with Gasteiger partial charge >= 0.3 is 0 Å². The number of hydrogen-bond acceptors (Lipinski definition) is 3. The first-order chi connectivity index (χ1) is 4.22. The molecule has 0 aromatic carbocycles. The van der Waals surface area contributed by atoms with Crippen LogP contribution in [0.5, 0.6) is 0 Å². The molecular formula is C5H5IO3. The van der Waals surface area contributed by atoms with Crippen LogP contribution in [0.1, 0.15) is 0 Å². The van der Waals surface area contributed by atoms with Gasteiger partial charge < -0.3 is 4.74 Å². The number of rotatable bonds is 0. The van der Waals surface area contributed by atoms with Crippen LogP contribution in [0, 0.1) is 0 Å². The molecule has 0 saturated carbocycles. The molecule has 0 N–H and O–H groups in total. The Morgan fingerprint density at radius 2 is 1.78 bits per heavy atom. The Bertz CT molecular complexity index is 138. The van der Waals surface area contributed by atoms with Gasteiger partial charge in [-0.3, -0.25) is 9.59 Å². The molecule has 4 heteroatoms. The highest BCUT2D eigenvalue weighted by Gasteiger charge is 2.27. The third-order valence-corrected chi connectivity index (χ3v) is 2.44. The summed E-state index contributed by atoms with van der Waals surface area (Å²) in [7, 11) is 0. The van der Waals surface area contributed by atoms with Crippen LogP contribution in [0.4, 0.5) is 0 Å². The largest absolute Gasteiger partial charge is 0.366 e. The van der Waals surface area contributed by atoms with Gasteiger partial charge in [-0.25, -0.2) is 0 Å². The van der Waals surface area contributed by atoms with Crippen molar-refractivity contribution in [1.82, 2.24) is 0 Å². The van der Waals surface area contributed by atoms with Gasteiger partial charge in [-0.15, -0.1) is 0 Å². The number of carbonyl (C=O) groups excluding carboxylic acids is 2.